The van der Waals surface area contributed by atoms with Crippen molar-refractivity contribution in [3.05, 3.63) is 18.2 Å². The zero-order valence-corrected chi connectivity index (χ0v) is 12.3. The second-order valence-electron chi connectivity index (χ2n) is 5.50. The summed E-state index contributed by atoms with van der Waals surface area (Å²) < 4.78 is 51.5. The fourth-order valence-electron chi connectivity index (χ4n) is 1.38. The van der Waals surface area contributed by atoms with Crippen molar-refractivity contribution in [2.24, 2.45) is 10.6 Å². The third kappa shape index (κ3) is 5.30. The van der Waals surface area contributed by atoms with Crippen molar-refractivity contribution in [3.63, 3.8) is 0 Å². The molecule has 1 aromatic carbocycles. The van der Waals surface area contributed by atoms with Crippen molar-refractivity contribution >= 4 is 15.7 Å². The summed E-state index contributed by atoms with van der Waals surface area (Å²) in [6.45, 7) is 3.34. The monoisotopic (exact) mass is 308 g/mol. The van der Waals surface area contributed by atoms with Crippen LogP contribution in [0.2, 0.25) is 0 Å². The Labute approximate surface area is 117 Å². The maximum atomic E-state index is 12.4. The summed E-state index contributed by atoms with van der Waals surface area (Å²) in [4.78, 5) is -0.283. The number of hydrogen-bond acceptors (Lipinski definition) is 4. The first-order valence-electron chi connectivity index (χ1n) is 5.84. The Balaban J connectivity index is 3.10. The molecular formula is C12H18F2N2O3S. The molecular weight excluding hydrogens is 290 g/mol. The molecule has 0 radical (unpaired) electrons. The molecule has 0 bridgehead atoms. The van der Waals surface area contributed by atoms with E-state index in [1.165, 1.54) is 12.1 Å². The van der Waals surface area contributed by atoms with Gasteiger partial charge in [0.05, 0.1) is 10.6 Å². The van der Waals surface area contributed by atoms with Gasteiger partial charge in [-0.15, -0.1) is 0 Å². The minimum Gasteiger partial charge on any atom is -0.433 e. The minimum atomic E-state index is -3.97. The van der Waals surface area contributed by atoms with E-state index in [4.69, 9.17) is 5.14 Å². The fourth-order valence-corrected chi connectivity index (χ4v) is 1.91. The van der Waals surface area contributed by atoms with Crippen molar-refractivity contribution in [3.8, 4) is 5.75 Å². The maximum Gasteiger partial charge on any atom is 0.387 e. The van der Waals surface area contributed by atoms with Gasteiger partial charge in [-0.25, -0.2) is 13.6 Å². The predicted octanol–water partition coefficient (Wildman–Crippen LogP) is 2.39. The number of rotatable bonds is 5. The van der Waals surface area contributed by atoms with Crippen LogP contribution in [-0.4, -0.2) is 21.6 Å². The van der Waals surface area contributed by atoms with E-state index in [1.807, 2.05) is 20.8 Å². The van der Waals surface area contributed by atoms with Gasteiger partial charge in [0.15, 0.2) is 5.75 Å². The van der Waals surface area contributed by atoms with E-state index in [0.29, 0.717) is 6.54 Å². The highest BCUT2D eigenvalue weighted by atomic mass is 32.2. The molecule has 0 saturated carbocycles. The van der Waals surface area contributed by atoms with E-state index >= 15 is 0 Å². The van der Waals surface area contributed by atoms with Gasteiger partial charge in [0.1, 0.15) is 0 Å². The van der Waals surface area contributed by atoms with Gasteiger partial charge in [-0.2, -0.15) is 8.78 Å². The molecule has 0 amide bonds. The molecule has 8 heteroatoms. The molecule has 0 saturated heterocycles. The number of sulfonamides is 1. The van der Waals surface area contributed by atoms with Gasteiger partial charge in [-0.3, -0.25) is 0 Å². The highest BCUT2D eigenvalue weighted by molar-refractivity contribution is 7.89. The number of hydrogen-bond donors (Lipinski definition) is 2. The topological polar surface area (TPSA) is 81.4 Å². The molecule has 0 aliphatic carbocycles. The summed E-state index contributed by atoms with van der Waals surface area (Å²) >= 11 is 0. The number of nitrogens with one attached hydrogen (secondary N) is 1. The van der Waals surface area contributed by atoms with Crippen molar-refractivity contribution in [1.29, 1.82) is 0 Å². The molecule has 0 heterocycles. The maximum absolute atomic E-state index is 12.4. The van der Waals surface area contributed by atoms with Crippen LogP contribution in [0.5, 0.6) is 5.75 Å². The summed E-state index contributed by atoms with van der Waals surface area (Å²) in [6.07, 6.45) is 0. The number of ether oxygens (including phenoxy) is 1. The Kier molecular flexibility index (Phi) is 4.93. The van der Waals surface area contributed by atoms with Crippen molar-refractivity contribution < 1.29 is 21.9 Å². The fraction of sp³-hybridized carbons (Fsp3) is 0.500. The number of alkyl halides is 2. The average molecular weight is 308 g/mol. The zero-order valence-electron chi connectivity index (χ0n) is 11.5. The summed E-state index contributed by atoms with van der Waals surface area (Å²) in [5.74, 6) is -0.254. The standard InChI is InChI=1S/C12H18F2N2O3S/c1-12(2,3)7-16-9-5-4-8(20(15,17)18)6-10(9)19-11(13)14/h4-6,11,16H,7H2,1-3H3,(H2,15,17,18). The first kappa shape index (κ1) is 16.6. The largest absolute Gasteiger partial charge is 0.433 e. The van der Waals surface area contributed by atoms with Crippen LogP contribution < -0.4 is 15.2 Å². The molecule has 0 spiro atoms. The van der Waals surface area contributed by atoms with E-state index in [1.54, 1.807) is 0 Å². The Bertz CT molecular complexity index is 569. The molecule has 1 aromatic rings. The molecule has 20 heavy (non-hydrogen) atoms. The van der Waals surface area contributed by atoms with Crippen molar-refractivity contribution in [1.82, 2.24) is 0 Å². The summed E-state index contributed by atoms with van der Waals surface area (Å²) in [7, 11) is -3.97. The third-order valence-corrected chi connectivity index (χ3v) is 3.22. The molecule has 114 valence electrons. The van der Waals surface area contributed by atoms with Crippen LogP contribution in [0.1, 0.15) is 20.8 Å². The molecule has 0 aromatic heterocycles. The van der Waals surface area contributed by atoms with E-state index in [0.717, 1.165) is 6.07 Å². The van der Waals surface area contributed by atoms with Crippen LogP contribution in [0, 0.1) is 5.41 Å². The Hall–Kier alpha value is -1.41. The lowest BCUT2D eigenvalue weighted by atomic mass is 9.97. The molecule has 3 N–H and O–H groups in total. The van der Waals surface area contributed by atoms with Crippen molar-refractivity contribution in [2.45, 2.75) is 32.3 Å². The molecule has 0 aliphatic rings. The van der Waals surface area contributed by atoms with Gasteiger partial charge >= 0.3 is 6.61 Å². The van der Waals surface area contributed by atoms with E-state index < -0.39 is 16.6 Å². The quantitative estimate of drug-likeness (QED) is 0.875. The van der Waals surface area contributed by atoms with Gasteiger partial charge in [0, 0.05) is 12.6 Å². The van der Waals surface area contributed by atoms with Crippen LogP contribution in [-0.2, 0) is 10.0 Å². The van der Waals surface area contributed by atoms with Gasteiger partial charge < -0.3 is 10.1 Å². The lowest BCUT2D eigenvalue weighted by Crippen LogP contribution is -2.20. The smallest absolute Gasteiger partial charge is 0.387 e. The highest BCUT2D eigenvalue weighted by Gasteiger charge is 2.17. The summed E-state index contributed by atoms with van der Waals surface area (Å²) in [6, 6.07) is 3.56. The van der Waals surface area contributed by atoms with Gasteiger partial charge in [-0.05, 0) is 17.5 Å². The second-order valence-corrected chi connectivity index (χ2v) is 7.06. The molecule has 1 rings (SSSR count). The summed E-state index contributed by atoms with van der Waals surface area (Å²) in [5.41, 5.74) is 0.202. The van der Waals surface area contributed by atoms with Gasteiger partial charge in [0.2, 0.25) is 10.0 Å². The zero-order chi connectivity index (χ0) is 15.6. The lowest BCUT2D eigenvalue weighted by Gasteiger charge is -2.21. The van der Waals surface area contributed by atoms with Crippen LogP contribution >= 0.6 is 0 Å². The lowest BCUT2D eigenvalue weighted by molar-refractivity contribution is -0.0495. The number of nitrogens with two attached hydrogens (primary N) is 1. The third-order valence-electron chi connectivity index (χ3n) is 2.31. The Morgan fingerprint density at radius 2 is 1.95 bits per heavy atom. The number of anilines is 1. The van der Waals surface area contributed by atoms with Crippen LogP contribution in [0.3, 0.4) is 0 Å². The number of primary sulfonamides is 1. The van der Waals surface area contributed by atoms with Gasteiger partial charge in [0.25, 0.3) is 0 Å². The first-order valence-corrected chi connectivity index (χ1v) is 7.39. The Morgan fingerprint density at radius 1 is 1.35 bits per heavy atom. The molecule has 0 aliphatic heterocycles. The molecule has 0 fully saturated rings. The number of halogens is 2. The minimum absolute atomic E-state index is 0.0826. The molecule has 5 nitrogen and oxygen atoms in total. The van der Waals surface area contributed by atoms with Crippen molar-refractivity contribution in [2.75, 3.05) is 11.9 Å². The van der Waals surface area contributed by atoms with E-state index in [2.05, 4.69) is 10.1 Å². The van der Waals surface area contributed by atoms with E-state index in [9.17, 15) is 17.2 Å². The van der Waals surface area contributed by atoms with Crippen LogP contribution in [0.4, 0.5) is 14.5 Å². The van der Waals surface area contributed by atoms with Crippen LogP contribution in [0.25, 0.3) is 0 Å². The Morgan fingerprint density at radius 3 is 2.40 bits per heavy atom. The predicted molar refractivity (Wildman–Crippen MR) is 72.4 cm³/mol. The normalized spacial score (nSPS) is 12.6. The average Bonchev–Trinajstić information content (AvgIpc) is 2.24. The van der Waals surface area contributed by atoms with Gasteiger partial charge in [-0.1, -0.05) is 20.8 Å². The van der Waals surface area contributed by atoms with Crippen LogP contribution in [0.15, 0.2) is 23.1 Å². The highest BCUT2D eigenvalue weighted by Crippen LogP contribution is 2.30. The van der Waals surface area contributed by atoms with E-state index in [-0.39, 0.29) is 21.7 Å². The molecule has 0 unspecified atom stereocenters. The first-order chi connectivity index (χ1) is 8.99. The SMILES string of the molecule is CC(C)(C)CNc1ccc(S(N)(=O)=O)cc1OC(F)F. The second kappa shape index (κ2) is 5.92. The molecule has 0 atom stereocenters. The summed E-state index contributed by atoms with van der Waals surface area (Å²) in [5, 5.41) is 7.90. The number of benzene rings is 1.